The van der Waals surface area contributed by atoms with Crippen LogP contribution < -0.4 is 5.73 Å². The minimum absolute atomic E-state index is 0.106. The highest BCUT2D eigenvalue weighted by Gasteiger charge is 2.67. The van der Waals surface area contributed by atoms with Gasteiger partial charge in [0.25, 0.3) is 0 Å². The third-order valence-electron chi connectivity index (χ3n) is 6.50. The maximum Gasteiger partial charge on any atom is 0.475 e. The van der Waals surface area contributed by atoms with Gasteiger partial charge in [-0.15, -0.1) is 0 Å². The Morgan fingerprint density at radius 1 is 1.27 bits per heavy atom. The summed E-state index contributed by atoms with van der Waals surface area (Å²) in [7, 11) is -0.273. The van der Waals surface area contributed by atoms with Gasteiger partial charge in [0.1, 0.15) is 0 Å². The second kappa shape index (κ2) is 4.83. The predicted octanol–water partition coefficient (Wildman–Crippen LogP) is 2.82. The van der Waals surface area contributed by atoms with Crippen LogP contribution in [-0.2, 0) is 15.7 Å². The zero-order valence-corrected chi connectivity index (χ0v) is 13.8. The van der Waals surface area contributed by atoms with Crippen molar-refractivity contribution in [2.75, 3.05) is 0 Å². The standard InChI is InChI=1S/C18H26BNO2/c1-17(2)13-10-14(17)16-18(3,11-13)22-19(21-16)15(20)9-12-7-5-4-6-8-12/h4-8,13-16H,9-11,20H2,1-3H3/t13-,14+,15-,16?,18+/m0/s1. The smallest absolute Gasteiger partial charge is 0.404 e. The van der Waals surface area contributed by atoms with Gasteiger partial charge in [0, 0.05) is 5.94 Å². The average molecular weight is 299 g/mol. The highest BCUT2D eigenvalue weighted by Crippen LogP contribution is 2.64. The van der Waals surface area contributed by atoms with Crippen molar-refractivity contribution < 1.29 is 9.31 Å². The number of hydrogen-bond donors (Lipinski definition) is 1. The summed E-state index contributed by atoms with van der Waals surface area (Å²) in [6.07, 6.45) is 3.40. The molecular weight excluding hydrogens is 273 g/mol. The molecule has 4 heteroatoms. The lowest BCUT2D eigenvalue weighted by atomic mass is 9.45. The van der Waals surface area contributed by atoms with Crippen molar-refractivity contribution in [3.8, 4) is 0 Å². The molecule has 1 saturated heterocycles. The first kappa shape index (κ1) is 14.7. The van der Waals surface area contributed by atoms with Crippen LogP contribution in [-0.4, -0.2) is 24.8 Å². The van der Waals surface area contributed by atoms with Crippen molar-refractivity contribution in [1.82, 2.24) is 0 Å². The molecule has 22 heavy (non-hydrogen) atoms. The predicted molar refractivity (Wildman–Crippen MR) is 88.2 cm³/mol. The first-order valence-electron chi connectivity index (χ1n) is 8.53. The Morgan fingerprint density at radius 3 is 2.68 bits per heavy atom. The topological polar surface area (TPSA) is 44.5 Å². The molecule has 5 rings (SSSR count). The third-order valence-corrected chi connectivity index (χ3v) is 6.50. The highest BCUT2D eigenvalue weighted by atomic mass is 16.7. The van der Waals surface area contributed by atoms with Gasteiger partial charge in [-0.2, -0.15) is 0 Å². The van der Waals surface area contributed by atoms with Crippen LogP contribution in [0.25, 0.3) is 0 Å². The molecule has 0 amide bonds. The summed E-state index contributed by atoms with van der Waals surface area (Å²) < 4.78 is 12.7. The van der Waals surface area contributed by atoms with E-state index in [1.807, 2.05) is 6.07 Å². The molecule has 2 N–H and O–H groups in total. The summed E-state index contributed by atoms with van der Waals surface area (Å²) in [5, 5.41) is 0. The number of hydrogen-bond acceptors (Lipinski definition) is 3. The molecule has 3 nitrogen and oxygen atoms in total. The van der Waals surface area contributed by atoms with Crippen LogP contribution in [0.3, 0.4) is 0 Å². The van der Waals surface area contributed by atoms with Crippen LogP contribution >= 0.6 is 0 Å². The first-order chi connectivity index (χ1) is 10.4. The lowest BCUT2D eigenvalue weighted by Gasteiger charge is -2.63. The summed E-state index contributed by atoms with van der Waals surface area (Å²) in [5.41, 5.74) is 7.90. The van der Waals surface area contributed by atoms with Gasteiger partial charge in [0.15, 0.2) is 0 Å². The summed E-state index contributed by atoms with van der Waals surface area (Å²) in [4.78, 5) is 0. The van der Waals surface area contributed by atoms with Gasteiger partial charge in [0.2, 0.25) is 0 Å². The molecule has 0 aromatic heterocycles. The number of rotatable bonds is 3. The summed E-state index contributed by atoms with van der Waals surface area (Å²) >= 11 is 0. The van der Waals surface area contributed by atoms with Gasteiger partial charge >= 0.3 is 7.12 Å². The average Bonchev–Trinajstić information content (AvgIpc) is 2.85. The van der Waals surface area contributed by atoms with E-state index in [0.29, 0.717) is 11.3 Å². The van der Waals surface area contributed by atoms with Gasteiger partial charge in [-0.1, -0.05) is 44.2 Å². The maximum absolute atomic E-state index is 6.40. The molecule has 118 valence electrons. The van der Waals surface area contributed by atoms with Crippen molar-refractivity contribution in [2.24, 2.45) is 23.0 Å². The van der Waals surface area contributed by atoms with Gasteiger partial charge in [-0.25, -0.2) is 0 Å². The largest absolute Gasteiger partial charge is 0.475 e. The zero-order valence-electron chi connectivity index (χ0n) is 13.8. The van der Waals surface area contributed by atoms with Gasteiger partial charge in [-0.05, 0) is 49.0 Å². The first-order valence-corrected chi connectivity index (χ1v) is 8.53. The summed E-state index contributed by atoms with van der Waals surface area (Å²) in [6, 6.07) is 10.4. The molecule has 4 fully saturated rings. The van der Waals surface area contributed by atoms with E-state index in [1.165, 1.54) is 12.0 Å². The number of benzene rings is 1. The Morgan fingerprint density at radius 2 is 2.00 bits per heavy atom. The van der Waals surface area contributed by atoms with Crippen LogP contribution in [0.1, 0.15) is 39.2 Å². The normalized spacial score (nSPS) is 40.0. The second-order valence-corrected chi connectivity index (χ2v) is 8.27. The molecule has 5 atom stereocenters. The van der Waals surface area contributed by atoms with Crippen molar-refractivity contribution >= 4 is 7.12 Å². The van der Waals surface area contributed by atoms with E-state index in [2.05, 4.69) is 45.0 Å². The fraction of sp³-hybridized carbons (Fsp3) is 0.667. The summed E-state index contributed by atoms with van der Waals surface area (Å²) in [6.45, 7) is 6.99. The van der Waals surface area contributed by atoms with Gasteiger partial charge in [-0.3, -0.25) is 0 Å². The van der Waals surface area contributed by atoms with E-state index in [1.54, 1.807) is 0 Å². The molecule has 4 aliphatic rings. The van der Waals surface area contributed by atoms with E-state index in [4.69, 9.17) is 15.0 Å². The van der Waals surface area contributed by atoms with Crippen LogP contribution in [0.5, 0.6) is 0 Å². The van der Waals surface area contributed by atoms with Crippen LogP contribution in [0.2, 0.25) is 0 Å². The fourth-order valence-corrected chi connectivity index (χ4v) is 4.91. The minimum atomic E-state index is -0.273. The maximum atomic E-state index is 6.40. The quantitative estimate of drug-likeness (QED) is 0.873. The van der Waals surface area contributed by atoms with E-state index < -0.39 is 0 Å². The molecule has 0 spiro atoms. The van der Waals surface area contributed by atoms with E-state index in [0.717, 1.165) is 18.8 Å². The Bertz CT molecular complexity index is 563. The molecule has 3 saturated carbocycles. The molecule has 3 aliphatic carbocycles. The molecule has 1 aliphatic heterocycles. The lowest BCUT2D eigenvalue weighted by Crippen LogP contribution is -2.63. The Labute approximate surface area is 133 Å². The third kappa shape index (κ3) is 2.08. The van der Waals surface area contributed by atoms with Gasteiger partial charge < -0.3 is 15.0 Å². The Kier molecular flexibility index (Phi) is 3.23. The fourth-order valence-electron chi connectivity index (χ4n) is 4.91. The summed E-state index contributed by atoms with van der Waals surface area (Å²) in [5.74, 6) is 1.28. The van der Waals surface area contributed by atoms with Gasteiger partial charge in [0.05, 0.1) is 11.7 Å². The molecule has 2 bridgehead atoms. The lowest BCUT2D eigenvalue weighted by molar-refractivity contribution is -0.185. The highest BCUT2D eigenvalue weighted by molar-refractivity contribution is 6.47. The van der Waals surface area contributed by atoms with Crippen molar-refractivity contribution in [3.05, 3.63) is 35.9 Å². The monoisotopic (exact) mass is 299 g/mol. The van der Waals surface area contributed by atoms with E-state index >= 15 is 0 Å². The molecule has 1 aromatic carbocycles. The molecule has 1 aromatic rings. The van der Waals surface area contributed by atoms with Crippen molar-refractivity contribution in [2.45, 2.75) is 57.7 Å². The Hall–Kier alpha value is -0.835. The molecular formula is C18H26BNO2. The molecule has 1 heterocycles. The zero-order chi connectivity index (χ0) is 15.5. The molecule has 0 radical (unpaired) electrons. The van der Waals surface area contributed by atoms with E-state index in [-0.39, 0.29) is 24.8 Å². The minimum Gasteiger partial charge on any atom is -0.404 e. The van der Waals surface area contributed by atoms with Crippen molar-refractivity contribution in [3.63, 3.8) is 0 Å². The molecule has 1 unspecified atom stereocenters. The van der Waals surface area contributed by atoms with Crippen LogP contribution in [0, 0.1) is 17.3 Å². The van der Waals surface area contributed by atoms with E-state index in [9.17, 15) is 0 Å². The Balaban J connectivity index is 1.48. The van der Waals surface area contributed by atoms with Crippen LogP contribution in [0.4, 0.5) is 0 Å². The second-order valence-electron chi connectivity index (χ2n) is 8.27. The number of nitrogens with two attached hydrogens (primary N) is 1. The SMILES string of the molecule is CC1(C)[C@H]2C[C@@H]1C1OB([C@@H](N)Cc3ccccc3)O[C@]1(C)C2. The van der Waals surface area contributed by atoms with Crippen LogP contribution in [0.15, 0.2) is 30.3 Å². The van der Waals surface area contributed by atoms with Crippen molar-refractivity contribution in [1.29, 1.82) is 0 Å².